The monoisotopic (exact) mass is 253 g/mol. The molecule has 0 aromatic heterocycles. The molecule has 2 nitrogen and oxygen atoms in total. The number of hydrogen-bond acceptors (Lipinski definition) is 2. The van der Waals surface area contributed by atoms with Crippen LogP contribution in [0.25, 0.3) is 0 Å². The minimum atomic E-state index is -0.513. The van der Waals surface area contributed by atoms with E-state index in [0.29, 0.717) is 18.7 Å². The maximum absolute atomic E-state index is 6.00. The van der Waals surface area contributed by atoms with Crippen LogP contribution in [0.3, 0.4) is 0 Å². The van der Waals surface area contributed by atoms with E-state index in [4.69, 9.17) is 4.52 Å². The van der Waals surface area contributed by atoms with Gasteiger partial charge in [-0.25, -0.2) is 0 Å². The SMILES string of the molecule is CC(C)N(C(C)C)[P@](C)OCc1ccccc1. The van der Waals surface area contributed by atoms with Gasteiger partial charge in [0.25, 0.3) is 0 Å². The molecule has 0 saturated carbocycles. The lowest BCUT2D eigenvalue weighted by atomic mass is 10.2. The zero-order chi connectivity index (χ0) is 12.8. The largest absolute Gasteiger partial charge is 0.339 e. The first-order chi connectivity index (χ1) is 8.02. The molecule has 1 atom stereocenters. The van der Waals surface area contributed by atoms with E-state index in [0.717, 1.165) is 0 Å². The van der Waals surface area contributed by atoms with Gasteiger partial charge in [0.05, 0.1) is 6.61 Å². The Labute approximate surface area is 107 Å². The molecule has 1 aromatic rings. The molecule has 0 amide bonds. The van der Waals surface area contributed by atoms with Crippen LogP contribution in [0.2, 0.25) is 0 Å². The molecule has 17 heavy (non-hydrogen) atoms. The number of hydrogen-bond donors (Lipinski definition) is 0. The molecule has 0 heterocycles. The van der Waals surface area contributed by atoms with Gasteiger partial charge in [0, 0.05) is 12.1 Å². The van der Waals surface area contributed by atoms with Gasteiger partial charge in [0.15, 0.2) is 0 Å². The van der Waals surface area contributed by atoms with Crippen LogP contribution >= 0.6 is 8.30 Å². The van der Waals surface area contributed by atoms with Gasteiger partial charge in [0.1, 0.15) is 8.30 Å². The third-order valence-corrected chi connectivity index (χ3v) is 4.72. The molecule has 1 rings (SSSR count). The highest BCUT2D eigenvalue weighted by molar-refractivity contribution is 7.49. The van der Waals surface area contributed by atoms with Crippen LogP contribution in [0.1, 0.15) is 33.3 Å². The Morgan fingerprint density at radius 3 is 2.06 bits per heavy atom. The molecule has 0 bridgehead atoms. The highest BCUT2D eigenvalue weighted by Crippen LogP contribution is 2.41. The third kappa shape index (κ3) is 4.75. The Balaban J connectivity index is 2.50. The number of nitrogens with zero attached hydrogens (tertiary/aromatic N) is 1. The smallest absolute Gasteiger partial charge is 0.102 e. The highest BCUT2D eigenvalue weighted by Gasteiger charge is 2.20. The van der Waals surface area contributed by atoms with E-state index in [2.05, 4.69) is 63.3 Å². The first-order valence-electron chi connectivity index (χ1n) is 6.21. The molecular formula is C14H24NOP. The zero-order valence-corrected chi connectivity index (χ0v) is 12.4. The molecule has 0 N–H and O–H groups in total. The van der Waals surface area contributed by atoms with Crippen molar-refractivity contribution in [2.45, 2.75) is 46.4 Å². The van der Waals surface area contributed by atoms with E-state index in [9.17, 15) is 0 Å². The van der Waals surface area contributed by atoms with Crippen molar-refractivity contribution in [3.05, 3.63) is 35.9 Å². The van der Waals surface area contributed by atoms with E-state index in [-0.39, 0.29) is 0 Å². The van der Waals surface area contributed by atoms with Crippen molar-refractivity contribution in [1.29, 1.82) is 0 Å². The molecule has 0 unspecified atom stereocenters. The molecule has 0 spiro atoms. The minimum Gasteiger partial charge on any atom is -0.339 e. The van der Waals surface area contributed by atoms with Gasteiger partial charge in [-0.05, 0) is 39.9 Å². The summed E-state index contributed by atoms with van der Waals surface area (Å²) in [5.41, 5.74) is 1.24. The fourth-order valence-corrected chi connectivity index (χ4v) is 3.83. The maximum Gasteiger partial charge on any atom is 0.102 e. The van der Waals surface area contributed by atoms with Gasteiger partial charge < -0.3 is 4.52 Å². The second-order valence-corrected chi connectivity index (χ2v) is 6.44. The van der Waals surface area contributed by atoms with Crippen LogP contribution in [0.15, 0.2) is 30.3 Å². The summed E-state index contributed by atoms with van der Waals surface area (Å²) in [6, 6.07) is 11.4. The van der Waals surface area contributed by atoms with Crippen molar-refractivity contribution < 1.29 is 4.52 Å². The first-order valence-corrected chi connectivity index (χ1v) is 7.87. The Kier molecular flexibility index (Phi) is 6.11. The molecule has 0 aliphatic rings. The van der Waals surface area contributed by atoms with Gasteiger partial charge in [-0.3, -0.25) is 4.67 Å². The van der Waals surface area contributed by atoms with Gasteiger partial charge in [-0.1, -0.05) is 30.3 Å². The summed E-state index contributed by atoms with van der Waals surface area (Å²) >= 11 is 0. The molecular weight excluding hydrogens is 229 g/mol. The normalized spacial score (nSPS) is 13.6. The van der Waals surface area contributed by atoms with Crippen molar-refractivity contribution >= 4 is 8.30 Å². The summed E-state index contributed by atoms with van der Waals surface area (Å²) in [6.45, 7) is 11.8. The van der Waals surface area contributed by atoms with Gasteiger partial charge in [-0.15, -0.1) is 0 Å². The summed E-state index contributed by atoms with van der Waals surface area (Å²) in [5, 5.41) is 0. The van der Waals surface area contributed by atoms with Gasteiger partial charge >= 0.3 is 0 Å². The lowest BCUT2D eigenvalue weighted by molar-refractivity contribution is 0.250. The topological polar surface area (TPSA) is 12.5 Å². The van der Waals surface area contributed by atoms with Crippen LogP contribution in [0.5, 0.6) is 0 Å². The van der Waals surface area contributed by atoms with Crippen LogP contribution in [-0.4, -0.2) is 23.4 Å². The van der Waals surface area contributed by atoms with Crippen molar-refractivity contribution in [2.75, 3.05) is 6.66 Å². The standard InChI is InChI=1S/C14H24NOP/c1-12(2)15(13(3)4)17(5)16-11-14-9-7-6-8-10-14/h6-10,12-13H,11H2,1-5H3/t17-/m0/s1. The fourth-order valence-electron chi connectivity index (χ4n) is 2.06. The second kappa shape index (κ2) is 7.10. The summed E-state index contributed by atoms with van der Waals surface area (Å²) in [5.74, 6) is 0. The molecule has 0 aliphatic heterocycles. The average Bonchev–Trinajstić information content (AvgIpc) is 2.27. The van der Waals surface area contributed by atoms with Gasteiger partial charge in [-0.2, -0.15) is 0 Å². The van der Waals surface area contributed by atoms with Crippen molar-refractivity contribution in [3.8, 4) is 0 Å². The quantitative estimate of drug-likeness (QED) is 0.702. The maximum atomic E-state index is 6.00. The van der Waals surface area contributed by atoms with Crippen LogP contribution < -0.4 is 0 Å². The number of rotatable bonds is 6. The van der Waals surface area contributed by atoms with E-state index in [1.165, 1.54) is 5.56 Å². The lowest BCUT2D eigenvalue weighted by Gasteiger charge is -2.35. The van der Waals surface area contributed by atoms with E-state index >= 15 is 0 Å². The van der Waals surface area contributed by atoms with E-state index < -0.39 is 8.30 Å². The van der Waals surface area contributed by atoms with Crippen LogP contribution in [-0.2, 0) is 11.1 Å². The van der Waals surface area contributed by atoms with Crippen molar-refractivity contribution in [3.63, 3.8) is 0 Å². The summed E-state index contributed by atoms with van der Waals surface area (Å²) in [6.07, 6.45) is 0. The average molecular weight is 253 g/mol. The Hall–Kier alpha value is -0.430. The molecule has 0 fully saturated rings. The third-order valence-electron chi connectivity index (χ3n) is 2.64. The van der Waals surface area contributed by atoms with Gasteiger partial charge in [0.2, 0.25) is 0 Å². The highest BCUT2D eigenvalue weighted by atomic mass is 31.2. The molecule has 0 radical (unpaired) electrons. The lowest BCUT2D eigenvalue weighted by Crippen LogP contribution is -2.32. The first kappa shape index (κ1) is 14.6. The predicted octanol–water partition coefficient (Wildman–Crippen LogP) is 4.26. The van der Waals surface area contributed by atoms with E-state index in [1.807, 2.05) is 6.07 Å². The molecule has 1 aromatic carbocycles. The molecule has 3 heteroatoms. The predicted molar refractivity (Wildman–Crippen MR) is 76.2 cm³/mol. The van der Waals surface area contributed by atoms with E-state index in [1.54, 1.807) is 0 Å². The minimum absolute atomic E-state index is 0.513. The van der Waals surface area contributed by atoms with Crippen molar-refractivity contribution in [1.82, 2.24) is 4.67 Å². The second-order valence-electron chi connectivity index (χ2n) is 4.79. The Morgan fingerprint density at radius 2 is 1.59 bits per heavy atom. The summed E-state index contributed by atoms with van der Waals surface area (Å²) in [7, 11) is -0.513. The molecule has 0 aliphatic carbocycles. The summed E-state index contributed by atoms with van der Waals surface area (Å²) < 4.78 is 8.45. The number of benzene rings is 1. The summed E-state index contributed by atoms with van der Waals surface area (Å²) in [4.78, 5) is 0. The molecule has 96 valence electrons. The zero-order valence-electron chi connectivity index (χ0n) is 11.6. The Bertz CT molecular complexity index is 305. The Morgan fingerprint density at radius 1 is 1.06 bits per heavy atom. The van der Waals surface area contributed by atoms with Crippen LogP contribution in [0.4, 0.5) is 0 Å². The van der Waals surface area contributed by atoms with Crippen LogP contribution in [0, 0.1) is 0 Å². The fraction of sp³-hybridized carbons (Fsp3) is 0.571. The molecule has 0 saturated heterocycles. The van der Waals surface area contributed by atoms with Crippen molar-refractivity contribution in [2.24, 2.45) is 0 Å².